The van der Waals surface area contributed by atoms with Gasteiger partial charge in [0.15, 0.2) is 0 Å². The highest BCUT2D eigenvalue weighted by Gasteiger charge is 2.10. The Hall–Kier alpha value is -1.46. The van der Waals surface area contributed by atoms with Gasteiger partial charge in [0.05, 0.1) is 17.2 Å². The molecule has 96 valence electrons. The zero-order valence-electron chi connectivity index (χ0n) is 10.8. The molecule has 0 unspecified atom stereocenters. The van der Waals surface area contributed by atoms with E-state index in [1.807, 2.05) is 26.2 Å². The van der Waals surface area contributed by atoms with Gasteiger partial charge in [-0.15, -0.1) is 11.3 Å². The average molecular weight is 262 g/mol. The van der Waals surface area contributed by atoms with Crippen molar-refractivity contribution in [2.24, 2.45) is 5.73 Å². The van der Waals surface area contributed by atoms with Crippen molar-refractivity contribution in [3.8, 4) is 0 Å². The number of aromatic nitrogens is 2. The summed E-state index contributed by atoms with van der Waals surface area (Å²) in [6.07, 6.45) is 2.67. The summed E-state index contributed by atoms with van der Waals surface area (Å²) in [5.74, 6) is 0.994. The summed E-state index contributed by atoms with van der Waals surface area (Å²) in [7, 11) is 2.04. The number of rotatable bonds is 5. The third-order valence-electron chi connectivity index (χ3n) is 2.71. The van der Waals surface area contributed by atoms with Crippen molar-refractivity contribution in [2.75, 3.05) is 18.5 Å². The zero-order chi connectivity index (χ0) is 13.0. The molecule has 2 aromatic rings. The van der Waals surface area contributed by atoms with Gasteiger partial charge < -0.3 is 10.6 Å². The number of aryl methyl sites for hydroxylation is 1. The first-order valence-corrected chi connectivity index (χ1v) is 6.84. The molecule has 0 saturated heterocycles. The minimum atomic E-state index is 0.641. The van der Waals surface area contributed by atoms with Gasteiger partial charge in [-0.3, -0.25) is 0 Å². The second kappa shape index (κ2) is 5.93. The van der Waals surface area contributed by atoms with E-state index in [1.165, 1.54) is 5.56 Å². The fraction of sp³-hybridized carbons (Fsp3) is 0.385. The van der Waals surface area contributed by atoms with Crippen LogP contribution in [0.25, 0.3) is 0 Å². The second-order valence-corrected chi connectivity index (χ2v) is 5.30. The van der Waals surface area contributed by atoms with E-state index in [-0.39, 0.29) is 0 Å². The SMILES string of the molecule is Cc1nc(CN(C)c2ncccc2CCN)cs1. The highest BCUT2D eigenvalue weighted by atomic mass is 32.1. The van der Waals surface area contributed by atoms with E-state index in [0.29, 0.717) is 6.54 Å². The molecule has 0 amide bonds. The lowest BCUT2D eigenvalue weighted by Gasteiger charge is -2.19. The second-order valence-electron chi connectivity index (χ2n) is 4.24. The Morgan fingerprint density at radius 3 is 2.94 bits per heavy atom. The van der Waals surface area contributed by atoms with E-state index in [4.69, 9.17) is 5.73 Å². The van der Waals surface area contributed by atoms with Gasteiger partial charge in [-0.2, -0.15) is 0 Å². The molecule has 0 radical (unpaired) electrons. The van der Waals surface area contributed by atoms with Crippen LogP contribution in [-0.4, -0.2) is 23.6 Å². The van der Waals surface area contributed by atoms with Crippen LogP contribution < -0.4 is 10.6 Å². The Morgan fingerprint density at radius 1 is 1.44 bits per heavy atom. The normalized spacial score (nSPS) is 10.6. The van der Waals surface area contributed by atoms with Crippen molar-refractivity contribution in [2.45, 2.75) is 19.9 Å². The molecule has 2 heterocycles. The lowest BCUT2D eigenvalue weighted by molar-refractivity contribution is 0.848. The number of thiazole rings is 1. The molecule has 0 aliphatic heterocycles. The number of nitrogens with two attached hydrogens (primary N) is 1. The van der Waals surface area contributed by atoms with Gasteiger partial charge >= 0.3 is 0 Å². The number of pyridine rings is 1. The fourth-order valence-electron chi connectivity index (χ4n) is 1.92. The largest absolute Gasteiger partial charge is 0.354 e. The number of anilines is 1. The molecule has 5 heteroatoms. The standard InChI is InChI=1S/C13H18N4S/c1-10-16-12(9-18-10)8-17(2)13-11(5-6-14)4-3-7-15-13/h3-4,7,9H,5-6,8,14H2,1-2H3. The molecule has 0 aliphatic carbocycles. The first kappa shape index (κ1) is 13.0. The summed E-state index contributed by atoms with van der Waals surface area (Å²) in [6.45, 7) is 3.44. The molecular formula is C13H18N4S. The summed E-state index contributed by atoms with van der Waals surface area (Å²) in [5.41, 5.74) is 7.91. The third-order valence-corrected chi connectivity index (χ3v) is 3.53. The topological polar surface area (TPSA) is 55.0 Å². The summed E-state index contributed by atoms with van der Waals surface area (Å²) < 4.78 is 0. The molecule has 2 aromatic heterocycles. The van der Waals surface area contributed by atoms with Crippen LogP contribution in [0.3, 0.4) is 0 Å². The van der Waals surface area contributed by atoms with E-state index in [1.54, 1.807) is 11.3 Å². The van der Waals surface area contributed by atoms with Crippen LogP contribution in [0.4, 0.5) is 5.82 Å². The molecule has 0 aliphatic rings. The van der Waals surface area contributed by atoms with Gasteiger partial charge in [0.1, 0.15) is 5.82 Å². The molecule has 0 aromatic carbocycles. The summed E-state index contributed by atoms with van der Waals surface area (Å²) in [6, 6.07) is 4.04. The van der Waals surface area contributed by atoms with E-state index >= 15 is 0 Å². The first-order valence-electron chi connectivity index (χ1n) is 5.97. The number of hydrogen-bond donors (Lipinski definition) is 1. The summed E-state index contributed by atoms with van der Waals surface area (Å²) >= 11 is 1.68. The smallest absolute Gasteiger partial charge is 0.131 e. The molecule has 0 spiro atoms. The van der Waals surface area contributed by atoms with Crippen LogP contribution >= 0.6 is 11.3 Å². The Kier molecular flexibility index (Phi) is 4.28. The molecular weight excluding hydrogens is 244 g/mol. The maximum absolute atomic E-state index is 5.63. The maximum atomic E-state index is 5.63. The van der Waals surface area contributed by atoms with Crippen molar-refractivity contribution in [3.63, 3.8) is 0 Å². The Morgan fingerprint density at radius 2 is 2.28 bits per heavy atom. The lowest BCUT2D eigenvalue weighted by Crippen LogP contribution is -2.20. The highest BCUT2D eigenvalue weighted by molar-refractivity contribution is 7.09. The van der Waals surface area contributed by atoms with Gasteiger partial charge in [0, 0.05) is 18.6 Å². The maximum Gasteiger partial charge on any atom is 0.131 e. The lowest BCUT2D eigenvalue weighted by atomic mass is 10.2. The monoisotopic (exact) mass is 262 g/mol. The fourth-order valence-corrected chi connectivity index (χ4v) is 2.53. The van der Waals surface area contributed by atoms with Crippen molar-refractivity contribution in [1.29, 1.82) is 0 Å². The first-order chi connectivity index (χ1) is 8.70. The van der Waals surface area contributed by atoms with Crippen LogP contribution in [0.5, 0.6) is 0 Å². The van der Waals surface area contributed by atoms with Crippen molar-refractivity contribution >= 4 is 17.2 Å². The minimum Gasteiger partial charge on any atom is -0.354 e. The molecule has 18 heavy (non-hydrogen) atoms. The Labute approximate surface area is 111 Å². The van der Waals surface area contributed by atoms with E-state index in [2.05, 4.69) is 26.3 Å². The van der Waals surface area contributed by atoms with Crippen molar-refractivity contribution < 1.29 is 0 Å². The molecule has 0 atom stereocenters. The Bertz CT molecular complexity index is 509. The molecule has 4 nitrogen and oxygen atoms in total. The molecule has 0 bridgehead atoms. The molecule has 2 N–H and O–H groups in total. The van der Waals surface area contributed by atoms with Gasteiger partial charge in [-0.1, -0.05) is 6.07 Å². The average Bonchev–Trinajstić information content (AvgIpc) is 2.76. The molecule has 2 rings (SSSR count). The summed E-state index contributed by atoms with van der Waals surface area (Å²) in [4.78, 5) is 11.0. The van der Waals surface area contributed by atoms with Gasteiger partial charge in [-0.25, -0.2) is 9.97 Å². The molecule has 0 fully saturated rings. The van der Waals surface area contributed by atoms with E-state index in [0.717, 1.165) is 29.5 Å². The van der Waals surface area contributed by atoms with Crippen LogP contribution in [0.15, 0.2) is 23.7 Å². The van der Waals surface area contributed by atoms with Crippen molar-refractivity contribution in [1.82, 2.24) is 9.97 Å². The van der Waals surface area contributed by atoms with Crippen molar-refractivity contribution in [3.05, 3.63) is 40.0 Å². The zero-order valence-corrected chi connectivity index (χ0v) is 11.6. The molecule has 0 saturated carbocycles. The minimum absolute atomic E-state index is 0.641. The van der Waals surface area contributed by atoms with Gasteiger partial charge in [0.2, 0.25) is 0 Å². The Balaban J connectivity index is 2.15. The van der Waals surface area contributed by atoms with Crippen LogP contribution in [0.2, 0.25) is 0 Å². The predicted molar refractivity (Wildman–Crippen MR) is 76.0 cm³/mol. The van der Waals surface area contributed by atoms with Crippen LogP contribution in [-0.2, 0) is 13.0 Å². The van der Waals surface area contributed by atoms with Crippen LogP contribution in [0, 0.1) is 6.92 Å². The summed E-state index contributed by atoms with van der Waals surface area (Å²) in [5, 5.41) is 3.19. The number of hydrogen-bond acceptors (Lipinski definition) is 5. The van der Waals surface area contributed by atoms with E-state index < -0.39 is 0 Å². The quantitative estimate of drug-likeness (QED) is 0.895. The van der Waals surface area contributed by atoms with Crippen LogP contribution in [0.1, 0.15) is 16.3 Å². The van der Waals surface area contributed by atoms with Gasteiger partial charge in [-0.05, 0) is 31.5 Å². The van der Waals surface area contributed by atoms with E-state index in [9.17, 15) is 0 Å². The predicted octanol–water partition coefficient (Wildman–Crippen LogP) is 1.98. The highest BCUT2D eigenvalue weighted by Crippen LogP contribution is 2.19. The third kappa shape index (κ3) is 3.05. The number of nitrogens with zero attached hydrogens (tertiary/aromatic N) is 3. The van der Waals surface area contributed by atoms with Gasteiger partial charge in [0.25, 0.3) is 0 Å².